The fourth-order valence-corrected chi connectivity index (χ4v) is 8.40. The molecule has 0 amide bonds. The van der Waals surface area contributed by atoms with Gasteiger partial charge in [-0.15, -0.1) is 0 Å². The van der Waals surface area contributed by atoms with E-state index in [4.69, 9.17) is 25.0 Å². The summed E-state index contributed by atoms with van der Waals surface area (Å²) in [5.41, 5.74) is 13.2. The number of phenols is 2. The van der Waals surface area contributed by atoms with Gasteiger partial charge in [-0.25, -0.2) is 4.79 Å². The molecule has 3 rings (SSSR count). The Morgan fingerprint density at radius 1 is 0.750 bits per heavy atom. The third-order valence-corrected chi connectivity index (χ3v) is 12.7. The number of aromatic hydroxyl groups is 2. The average molecular weight is 774 g/mol. The van der Waals surface area contributed by atoms with E-state index in [-0.39, 0.29) is 45.1 Å². The van der Waals surface area contributed by atoms with E-state index in [0.717, 1.165) is 60.8 Å². The predicted octanol–water partition coefficient (Wildman–Crippen LogP) is 10.1. The van der Waals surface area contributed by atoms with Crippen molar-refractivity contribution in [2.45, 2.75) is 152 Å². The normalized spacial score (nSPS) is 17.9. The monoisotopic (exact) mass is 773 g/mol. The minimum absolute atomic E-state index is 0. The number of hydrogen-bond acceptors (Lipinski definition) is 5. The first-order valence-corrected chi connectivity index (χ1v) is 24.9. The van der Waals surface area contributed by atoms with Crippen LogP contribution in [0.1, 0.15) is 128 Å². The van der Waals surface area contributed by atoms with Gasteiger partial charge in [0.05, 0.1) is 0 Å². The molecule has 0 saturated heterocycles. The van der Waals surface area contributed by atoms with Crippen molar-refractivity contribution in [1.82, 2.24) is 0 Å². The first kappa shape index (κ1) is 43.7. The van der Waals surface area contributed by atoms with Crippen molar-refractivity contribution < 1.29 is 42.0 Å². The number of carboxylic acid groups (broad SMARTS) is 2. The minimum Gasteiger partial charge on any atom is -0.450 e. The quantitative estimate of drug-likeness (QED) is 0.157. The van der Waals surface area contributed by atoms with Gasteiger partial charge in [0, 0.05) is 27.9 Å². The van der Waals surface area contributed by atoms with Crippen molar-refractivity contribution in [2.75, 3.05) is 0 Å². The number of aryl methyl sites for hydroxylation is 1. The van der Waals surface area contributed by atoms with Gasteiger partial charge in [-0.3, -0.25) is 0 Å². The number of aliphatic imine (C=N–C) groups is 2. The average Bonchev–Trinajstić information content (AvgIpc) is 2.90. The predicted molar refractivity (Wildman–Crippen MR) is 202 cm³/mol. The summed E-state index contributed by atoms with van der Waals surface area (Å²) in [6, 6.07) is 8.67. The van der Waals surface area contributed by atoms with E-state index in [1.54, 1.807) is 0 Å². The van der Waals surface area contributed by atoms with Crippen LogP contribution < -0.4 is 0 Å². The minimum atomic E-state index is -1.83. The molecule has 2 unspecified atom stereocenters. The Morgan fingerprint density at radius 3 is 1.56 bits per heavy atom. The molecule has 9 heteroatoms. The zero-order chi connectivity index (χ0) is 36.0. The number of rotatable bonds is 8. The summed E-state index contributed by atoms with van der Waals surface area (Å²) < 4.78 is 0. The van der Waals surface area contributed by atoms with Crippen molar-refractivity contribution in [2.24, 2.45) is 9.98 Å². The first-order valence-electron chi connectivity index (χ1n) is 17.1. The van der Waals surface area contributed by atoms with Crippen LogP contribution in [0.2, 0.25) is 22.3 Å². The second kappa shape index (κ2) is 17.6. The number of benzene rings is 2. The molecule has 48 heavy (non-hydrogen) atoms. The summed E-state index contributed by atoms with van der Waals surface area (Å²) in [7, 11) is 0. The fraction of sp³-hybridized carbons (Fsp3) is 0.615. The molecule has 0 aliphatic heterocycles. The Balaban J connectivity index is 0.00000218. The van der Waals surface area contributed by atoms with Crippen LogP contribution in [-0.4, -0.2) is 64.6 Å². The number of phenolic OH excluding ortho intramolecular Hbond substituents is 2. The van der Waals surface area contributed by atoms with Crippen molar-refractivity contribution >= 4 is 32.1 Å². The van der Waals surface area contributed by atoms with Gasteiger partial charge in [-0.2, -0.15) is 0 Å². The van der Waals surface area contributed by atoms with Crippen molar-refractivity contribution in [3.8, 4) is 11.5 Å². The van der Waals surface area contributed by atoms with Crippen molar-refractivity contribution in [3.05, 3.63) is 57.6 Å². The van der Waals surface area contributed by atoms with Gasteiger partial charge in [-0.05, 0) is 22.5 Å². The smallest absolute Gasteiger partial charge is 0.450 e. The van der Waals surface area contributed by atoms with E-state index in [1.807, 2.05) is 12.4 Å². The van der Waals surface area contributed by atoms with Crippen LogP contribution in [-0.2, 0) is 39.4 Å². The molecule has 4 N–H and O–H groups in total. The molecular weight excluding hydrogens is 710 g/mol. The molecule has 2 aromatic rings. The third-order valence-electron chi connectivity index (χ3n) is 8.77. The first-order chi connectivity index (χ1) is 21.4. The van der Waals surface area contributed by atoms with E-state index < -0.39 is 19.7 Å². The second-order valence-corrected chi connectivity index (χ2v) is 29.3. The second-order valence-electron chi connectivity index (χ2n) is 17.5. The van der Waals surface area contributed by atoms with Crippen LogP contribution in [0.4, 0.5) is 4.79 Å². The maximum Gasteiger partial charge on any atom is 0.503 e. The van der Waals surface area contributed by atoms with Crippen LogP contribution in [0.3, 0.4) is 0 Å². The van der Waals surface area contributed by atoms with Gasteiger partial charge in [0.2, 0.25) is 0 Å². The molecule has 273 valence electrons. The molecule has 0 heterocycles. The van der Waals surface area contributed by atoms with E-state index in [2.05, 4.69) is 104 Å². The maximum absolute atomic E-state index is 11.3. The molecule has 2 atom stereocenters. The summed E-state index contributed by atoms with van der Waals surface area (Å²) in [6.45, 7) is 19.8. The molecule has 0 spiro atoms. The van der Waals surface area contributed by atoms with Crippen LogP contribution >= 0.6 is 0 Å². The summed E-state index contributed by atoms with van der Waals surface area (Å²) in [4.78, 5) is 18.7. The molecule has 1 aliphatic rings. The summed E-state index contributed by atoms with van der Waals surface area (Å²) in [5.74, 6) is 0.708. The largest absolute Gasteiger partial charge is 0.503 e. The molecule has 0 bridgehead atoms. The molecule has 1 radical (unpaired) electrons. The van der Waals surface area contributed by atoms with E-state index >= 15 is 0 Å². The van der Waals surface area contributed by atoms with Crippen LogP contribution in [0.25, 0.3) is 0 Å². The molecule has 7 nitrogen and oxygen atoms in total. The summed E-state index contributed by atoms with van der Waals surface area (Å²) >= 11 is -1.63. The SMILES string of the molecule is CC(C)(C)c1cc(C=NC2CCCCC2N=Cc2cc(C(C)(C)C)cc(C(C)(C)C)c2O)c(O)c(CCC[AsH](C)(C)C)c1.O=C(O)O.[Co]. The van der Waals surface area contributed by atoms with E-state index in [1.165, 1.54) is 16.3 Å². The molecular formula is C39H63AsCoN2O5. The van der Waals surface area contributed by atoms with Crippen LogP contribution in [0, 0.1) is 0 Å². The zero-order valence-electron chi connectivity index (χ0n) is 31.5. The molecule has 1 aliphatic carbocycles. The van der Waals surface area contributed by atoms with Gasteiger partial charge in [0.15, 0.2) is 0 Å². The summed E-state index contributed by atoms with van der Waals surface area (Å²) in [5, 5.41) is 37.9. The van der Waals surface area contributed by atoms with Gasteiger partial charge in [0.1, 0.15) is 5.75 Å². The van der Waals surface area contributed by atoms with Crippen LogP contribution in [0.5, 0.6) is 11.5 Å². The van der Waals surface area contributed by atoms with E-state index in [0.29, 0.717) is 11.5 Å². The van der Waals surface area contributed by atoms with Crippen molar-refractivity contribution in [3.63, 3.8) is 0 Å². The zero-order valence-corrected chi connectivity index (χ0v) is 34.6. The Hall–Kier alpha value is -2.29. The number of carbonyl (C=O) groups is 1. The Morgan fingerprint density at radius 2 is 1.17 bits per heavy atom. The fourth-order valence-electron chi connectivity index (χ4n) is 5.80. The topological polar surface area (TPSA) is 123 Å². The third kappa shape index (κ3) is 13.9. The van der Waals surface area contributed by atoms with Crippen molar-refractivity contribution in [1.29, 1.82) is 0 Å². The Labute approximate surface area is 303 Å². The molecule has 1 saturated carbocycles. The van der Waals surface area contributed by atoms with E-state index in [9.17, 15) is 10.2 Å². The van der Waals surface area contributed by atoms with Gasteiger partial charge in [-0.1, -0.05) is 47.6 Å². The van der Waals surface area contributed by atoms with Gasteiger partial charge >= 0.3 is 181 Å². The number of nitrogens with zero attached hydrogens (tertiary/aromatic N) is 2. The van der Waals surface area contributed by atoms with Gasteiger partial charge < -0.3 is 15.3 Å². The number of hydrogen-bond donors (Lipinski definition) is 4. The van der Waals surface area contributed by atoms with Crippen LogP contribution in [0.15, 0.2) is 34.3 Å². The summed E-state index contributed by atoms with van der Waals surface area (Å²) in [6.07, 6.45) is 8.19. The Kier molecular flexibility index (Phi) is 16.0. The molecule has 0 aromatic heterocycles. The Bertz CT molecular complexity index is 1420. The maximum atomic E-state index is 11.3. The molecule has 1 fully saturated rings. The molecule has 2 aromatic carbocycles. The van der Waals surface area contributed by atoms with Gasteiger partial charge in [0.25, 0.3) is 0 Å². The standard InChI is InChI=1S/C38H61AsN2O2.CH2O3.Co/c1-36(2,3)29-20-26(16-15-19-39(10,11)12)34(42)27(21-29)24-40-32-17-13-14-18-33(32)41-25-28-22-30(37(4,5)6)23-31(35(28)43)38(7,8)9;2-1(3)4;/h20-25,32-33,39,42-43H,13-19H2,1-12H3;(H2,2,3,4);.